The largest absolute Gasteiger partial charge is 0.489 e. The van der Waals surface area contributed by atoms with Crippen LogP contribution in [0.15, 0.2) is 50.2 Å². The van der Waals surface area contributed by atoms with E-state index >= 15 is 0 Å². The van der Waals surface area contributed by atoms with Crippen molar-refractivity contribution in [3.63, 3.8) is 0 Å². The van der Waals surface area contributed by atoms with Crippen LogP contribution in [0.1, 0.15) is 0 Å². The van der Waals surface area contributed by atoms with Gasteiger partial charge in [0.2, 0.25) is 16.9 Å². The zero-order chi connectivity index (χ0) is 13.4. The summed E-state index contributed by atoms with van der Waals surface area (Å²) in [6, 6.07) is 8.26. The van der Waals surface area contributed by atoms with Gasteiger partial charge in [-0.1, -0.05) is 11.6 Å². The third-order valence-corrected chi connectivity index (χ3v) is 2.99. The summed E-state index contributed by atoms with van der Waals surface area (Å²) in [6.45, 7) is 0. The highest BCUT2D eigenvalue weighted by molar-refractivity contribution is 6.31. The zero-order valence-electron chi connectivity index (χ0n) is 9.98. The quantitative estimate of drug-likeness (QED) is 0.716. The van der Waals surface area contributed by atoms with Crippen LogP contribution in [-0.4, -0.2) is 7.11 Å². The number of hydrogen-bond acceptors (Lipinski definition) is 4. The maximum Gasteiger partial charge on any atom is 0.235 e. The molecule has 96 valence electrons. The van der Waals surface area contributed by atoms with E-state index < -0.39 is 0 Å². The first kappa shape index (κ1) is 11.9. The van der Waals surface area contributed by atoms with Crippen molar-refractivity contribution in [2.45, 2.75) is 0 Å². The Bertz CT molecular complexity index is 787. The van der Waals surface area contributed by atoms with Gasteiger partial charge in [0.15, 0.2) is 5.76 Å². The van der Waals surface area contributed by atoms with Crippen LogP contribution >= 0.6 is 11.6 Å². The summed E-state index contributed by atoms with van der Waals surface area (Å²) in [5.74, 6) is 0.808. The maximum absolute atomic E-state index is 12.3. The average molecular weight is 277 g/mol. The van der Waals surface area contributed by atoms with Gasteiger partial charge < -0.3 is 13.6 Å². The summed E-state index contributed by atoms with van der Waals surface area (Å²) in [4.78, 5) is 12.3. The van der Waals surface area contributed by atoms with Crippen LogP contribution in [0.25, 0.3) is 22.5 Å². The molecule has 1 aromatic carbocycles. The predicted octanol–water partition coefficient (Wildman–Crippen LogP) is 3.72. The molecule has 0 unspecified atom stereocenters. The Kier molecular flexibility index (Phi) is 2.80. The second-order valence-electron chi connectivity index (χ2n) is 3.91. The minimum atomic E-state index is -0.280. The molecule has 0 saturated heterocycles. The fourth-order valence-electron chi connectivity index (χ4n) is 1.91. The molecule has 19 heavy (non-hydrogen) atoms. The molecule has 2 aromatic heterocycles. The number of halogens is 1. The normalized spacial score (nSPS) is 10.8. The molecule has 0 atom stereocenters. The molecule has 3 aromatic rings. The second kappa shape index (κ2) is 4.48. The molecule has 0 fully saturated rings. The molecule has 0 spiro atoms. The lowest BCUT2D eigenvalue weighted by Gasteiger charge is -2.06. The number of benzene rings is 1. The van der Waals surface area contributed by atoms with Gasteiger partial charge in [0.1, 0.15) is 5.58 Å². The monoisotopic (exact) mass is 276 g/mol. The van der Waals surface area contributed by atoms with Gasteiger partial charge in [-0.3, -0.25) is 4.79 Å². The fourth-order valence-corrected chi connectivity index (χ4v) is 2.08. The second-order valence-corrected chi connectivity index (χ2v) is 4.35. The van der Waals surface area contributed by atoms with Gasteiger partial charge >= 0.3 is 0 Å². The molecule has 0 bridgehead atoms. The Labute approximate surface area is 113 Å². The Morgan fingerprint density at radius 2 is 2.11 bits per heavy atom. The topological polar surface area (TPSA) is 52.6 Å². The Morgan fingerprint density at radius 1 is 1.26 bits per heavy atom. The van der Waals surface area contributed by atoms with E-state index in [1.165, 1.54) is 13.4 Å². The molecule has 0 aliphatic rings. The number of fused-ring (bicyclic) bond motifs is 1. The minimum absolute atomic E-state index is 0.102. The van der Waals surface area contributed by atoms with E-state index in [2.05, 4.69) is 0 Å². The van der Waals surface area contributed by atoms with Crippen molar-refractivity contribution in [2.24, 2.45) is 0 Å². The van der Waals surface area contributed by atoms with Crippen molar-refractivity contribution in [1.82, 2.24) is 0 Å². The highest BCUT2D eigenvalue weighted by atomic mass is 35.5. The Hall–Kier alpha value is -2.20. The molecule has 0 aliphatic carbocycles. The van der Waals surface area contributed by atoms with Crippen LogP contribution in [0.2, 0.25) is 5.02 Å². The highest BCUT2D eigenvalue weighted by Gasteiger charge is 2.18. The van der Waals surface area contributed by atoms with Crippen molar-refractivity contribution >= 4 is 22.6 Å². The van der Waals surface area contributed by atoms with Crippen molar-refractivity contribution < 1.29 is 13.6 Å². The first-order valence-corrected chi connectivity index (χ1v) is 5.92. The van der Waals surface area contributed by atoms with Crippen LogP contribution in [0.4, 0.5) is 0 Å². The van der Waals surface area contributed by atoms with Crippen LogP contribution in [0, 0.1) is 0 Å². The van der Waals surface area contributed by atoms with Crippen molar-refractivity contribution in [2.75, 3.05) is 7.11 Å². The number of furan rings is 1. The SMILES string of the molecule is COc1c(-c2ccco2)oc2ccc(Cl)cc2c1=O. The number of hydrogen-bond donors (Lipinski definition) is 0. The Balaban J connectivity index is 2.41. The van der Waals surface area contributed by atoms with E-state index in [1.54, 1.807) is 30.3 Å². The summed E-state index contributed by atoms with van der Waals surface area (Å²) in [5.41, 5.74) is 0.152. The third-order valence-electron chi connectivity index (χ3n) is 2.76. The van der Waals surface area contributed by atoms with Crippen LogP contribution in [0.3, 0.4) is 0 Å². The number of ether oxygens (including phenoxy) is 1. The maximum atomic E-state index is 12.3. The predicted molar refractivity (Wildman–Crippen MR) is 71.7 cm³/mol. The number of methoxy groups -OCH3 is 1. The van der Waals surface area contributed by atoms with Gasteiger partial charge in [0.05, 0.1) is 18.8 Å². The fraction of sp³-hybridized carbons (Fsp3) is 0.0714. The molecule has 2 heterocycles. The summed E-state index contributed by atoms with van der Waals surface area (Å²) in [5, 5.41) is 0.840. The molecule has 4 nitrogen and oxygen atoms in total. The van der Waals surface area contributed by atoms with E-state index in [4.69, 9.17) is 25.2 Å². The van der Waals surface area contributed by atoms with Crippen LogP contribution in [0.5, 0.6) is 5.75 Å². The molecule has 3 rings (SSSR count). The van der Waals surface area contributed by atoms with Crippen molar-refractivity contribution in [3.8, 4) is 17.3 Å². The smallest absolute Gasteiger partial charge is 0.235 e. The molecule has 0 amide bonds. The standard InChI is InChI=1S/C14H9ClO4/c1-17-14-12(16)9-7-8(15)4-5-10(9)19-13(14)11-3-2-6-18-11/h2-7H,1H3. The van der Waals surface area contributed by atoms with E-state index in [0.29, 0.717) is 21.8 Å². The van der Waals surface area contributed by atoms with E-state index in [1.807, 2.05) is 0 Å². The van der Waals surface area contributed by atoms with E-state index in [0.717, 1.165) is 0 Å². The van der Waals surface area contributed by atoms with Crippen molar-refractivity contribution in [3.05, 3.63) is 51.8 Å². The molecular weight excluding hydrogens is 268 g/mol. The highest BCUT2D eigenvalue weighted by Crippen LogP contribution is 2.31. The molecule has 0 N–H and O–H groups in total. The van der Waals surface area contributed by atoms with E-state index in [-0.39, 0.29) is 16.9 Å². The first-order valence-electron chi connectivity index (χ1n) is 5.55. The van der Waals surface area contributed by atoms with Crippen molar-refractivity contribution in [1.29, 1.82) is 0 Å². The van der Waals surface area contributed by atoms with Gasteiger partial charge in [-0.15, -0.1) is 0 Å². The van der Waals surface area contributed by atoms with Crippen LogP contribution in [-0.2, 0) is 0 Å². The average Bonchev–Trinajstić information content (AvgIpc) is 2.93. The zero-order valence-corrected chi connectivity index (χ0v) is 10.7. The summed E-state index contributed by atoms with van der Waals surface area (Å²) >= 11 is 5.89. The molecular formula is C14H9ClO4. The first-order chi connectivity index (χ1) is 9.20. The Morgan fingerprint density at radius 3 is 2.79 bits per heavy atom. The van der Waals surface area contributed by atoms with Gasteiger partial charge in [-0.05, 0) is 30.3 Å². The van der Waals surface area contributed by atoms with Crippen LogP contribution < -0.4 is 10.2 Å². The molecule has 0 aliphatic heterocycles. The molecule has 0 radical (unpaired) electrons. The van der Waals surface area contributed by atoms with E-state index in [9.17, 15) is 4.79 Å². The summed E-state index contributed by atoms with van der Waals surface area (Å²) in [7, 11) is 1.41. The van der Waals surface area contributed by atoms with Gasteiger partial charge in [0.25, 0.3) is 0 Å². The summed E-state index contributed by atoms with van der Waals surface area (Å²) < 4.78 is 16.1. The van der Waals surface area contributed by atoms with Gasteiger partial charge in [-0.2, -0.15) is 0 Å². The lowest BCUT2D eigenvalue weighted by atomic mass is 10.2. The minimum Gasteiger partial charge on any atom is -0.489 e. The lowest BCUT2D eigenvalue weighted by molar-refractivity contribution is 0.394. The van der Waals surface area contributed by atoms with Gasteiger partial charge in [-0.25, -0.2) is 0 Å². The molecule has 5 heteroatoms. The number of rotatable bonds is 2. The molecule has 0 saturated carbocycles. The lowest BCUT2D eigenvalue weighted by Crippen LogP contribution is -2.07. The third kappa shape index (κ3) is 1.90. The van der Waals surface area contributed by atoms with Gasteiger partial charge in [0, 0.05) is 5.02 Å². The summed E-state index contributed by atoms with van der Waals surface area (Å²) in [6.07, 6.45) is 1.50.